The first-order valence-corrected chi connectivity index (χ1v) is 8.92. The highest BCUT2D eigenvalue weighted by atomic mass is 19.4. The van der Waals surface area contributed by atoms with Gasteiger partial charge in [0.25, 0.3) is 0 Å². The summed E-state index contributed by atoms with van der Waals surface area (Å²) in [4.78, 5) is 0. The summed E-state index contributed by atoms with van der Waals surface area (Å²) in [5.41, 5.74) is -0.880. The fraction of sp³-hybridized carbons (Fsp3) is 0.0476. The van der Waals surface area contributed by atoms with Crippen molar-refractivity contribution < 1.29 is 17.9 Å². The van der Waals surface area contributed by atoms with Crippen molar-refractivity contribution in [2.24, 2.45) is 0 Å². The Balaban J connectivity index is 1.70. The van der Waals surface area contributed by atoms with E-state index in [1.54, 1.807) is 12.1 Å². The molecule has 1 aromatic heterocycles. The number of nitriles is 1. The van der Waals surface area contributed by atoms with Gasteiger partial charge in [-0.3, -0.25) is 0 Å². The summed E-state index contributed by atoms with van der Waals surface area (Å²) in [6.45, 7) is 0. The Morgan fingerprint density at radius 2 is 1.87 bits per heavy atom. The monoisotopic (exact) mass is 422 g/mol. The molecule has 0 aliphatic rings. The molecule has 7 nitrogen and oxygen atoms in total. The molecule has 4 rings (SSSR count). The number of nitrogens with one attached hydrogen (secondary N) is 2. The molecular weight excluding hydrogens is 409 g/mol. The summed E-state index contributed by atoms with van der Waals surface area (Å²) in [5.74, 6) is 0.591. The predicted octanol–water partition coefficient (Wildman–Crippen LogP) is 5.14. The second-order valence-electron chi connectivity index (χ2n) is 6.37. The van der Waals surface area contributed by atoms with E-state index in [9.17, 15) is 18.4 Å². The molecule has 0 aliphatic carbocycles. The van der Waals surface area contributed by atoms with Gasteiger partial charge in [0.15, 0.2) is 5.75 Å². The van der Waals surface area contributed by atoms with E-state index in [4.69, 9.17) is 4.74 Å². The van der Waals surface area contributed by atoms with Crippen LogP contribution in [-0.2, 0) is 6.18 Å². The predicted molar refractivity (Wildman–Crippen MR) is 107 cm³/mol. The van der Waals surface area contributed by atoms with Gasteiger partial charge in [-0.05, 0) is 46.3 Å². The Hall–Kier alpha value is -4.39. The SMILES string of the molecule is N#CC(=CNc1cc(C(F)(F)F)ccc1Oc1ccc2ccccc2c1)c1nn[nH]n1. The number of rotatable bonds is 5. The topological polar surface area (TPSA) is 99.5 Å². The minimum absolute atomic E-state index is 0.000950. The molecule has 2 N–H and O–H groups in total. The van der Waals surface area contributed by atoms with Crippen molar-refractivity contribution >= 4 is 22.0 Å². The number of nitrogens with zero attached hydrogens (tertiary/aromatic N) is 4. The fourth-order valence-electron chi connectivity index (χ4n) is 2.84. The molecule has 0 radical (unpaired) electrons. The number of aromatic amines is 1. The molecule has 4 aromatic rings. The molecule has 1 heterocycles. The minimum Gasteiger partial charge on any atom is -0.455 e. The molecule has 0 saturated heterocycles. The molecule has 0 bridgehead atoms. The number of alkyl halides is 3. The number of hydrogen-bond donors (Lipinski definition) is 2. The number of allylic oxidation sites excluding steroid dienone is 1. The van der Waals surface area contributed by atoms with E-state index >= 15 is 0 Å². The number of H-pyrrole nitrogens is 1. The zero-order valence-corrected chi connectivity index (χ0v) is 15.7. The van der Waals surface area contributed by atoms with Crippen molar-refractivity contribution in [1.29, 1.82) is 5.26 Å². The van der Waals surface area contributed by atoms with Gasteiger partial charge in [0.1, 0.15) is 17.4 Å². The van der Waals surface area contributed by atoms with Gasteiger partial charge in [-0.15, -0.1) is 10.2 Å². The third-order valence-electron chi connectivity index (χ3n) is 4.33. The van der Waals surface area contributed by atoms with E-state index in [1.807, 2.05) is 36.4 Å². The van der Waals surface area contributed by atoms with E-state index in [0.717, 1.165) is 22.9 Å². The van der Waals surface area contributed by atoms with Gasteiger partial charge in [-0.2, -0.15) is 23.6 Å². The summed E-state index contributed by atoms with van der Waals surface area (Å²) in [5, 5.41) is 26.8. The second-order valence-corrected chi connectivity index (χ2v) is 6.37. The average Bonchev–Trinajstić information content (AvgIpc) is 3.29. The Morgan fingerprint density at radius 3 is 2.58 bits per heavy atom. The number of ether oxygens (including phenoxy) is 1. The van der Waals surface area contributed by atoms with E-state index in [-0.39, 0.29) is 22.8 Å². The molecule has 31 heavy (non-hydrogen) atoms. The molecule has 0 spiro atoms. The first kappa shape index (κ1) is 19.9. The van der Waals surface area contributed by atoms with Crippen LogP contribution < -0.4 is 10.1 Å². The largest absolute Gasteiger partial charge is 0.455 e. The number of anilines is 1. The maximum absolute atomic E-state index is 13.2. The highest BCUT2D eigenvalue weighted by Gasteiger charge is 2.31. The van der Waals surface area contributed by atoms with Crippen LogP contribution >= 0.6 is 0 Å². The molecule has 0 fully saturated rings. The standard InChI is InChI=1S/C21H13F3N6O/c22-21(23,24)16-6-8-19(31-17-7-5-13-3-1-2-4-14(13)9-17)18(10-16)26-12-15(11-25)20-27-29-30-28-20/h1-10,12,26H,(H,27,28,29,30). The zero-order valence-electron chi connectivity index (χ0n) is 15.7. The summed E-state index contributed by atoms with van der Waals surface area (Å²) in [6.07, 6.45) is -3.36. The van der Waals surface area contributed by atoms with Gasteiger partial charge in [-0.1, -0.05) is 30.3 Å². The van der Waals surface area contributed by atoms with Crippen LogP contribution in [-0.4, -0.2) is 20.6 Å². The normalized spacial score (nSPS) is 11.9. The maximum atomic E-state index is 13.2. The maximum Gasteiger partial charge on any atom is 0.416 e. The third-order valence-corrected chi connectivity index (χ3v) is 4.33. The lowest BCUT2D eigenvalue weighted by molar-refractivity contribution is -0.137. The zero-order chi connectivity index (χ0) is 21.8. The van der Waals surface area contributed by atoms with Gasteiger partial charge >= 0.3 is 6.18 Å². The number of tetrazole rings is 1. The smallest absolute Gasteiger partial charge is 0.416 e. The van der Waals surface area contributed by atoms with E-state index in [2.05, 4.69) is 25.9 Å². The molecule has 0 aliphatic heterocycles. The number of fused-ring (bicyclic) bond motifs is 1. The molecule has 3 aromatic carbocycles. The lowest BCUT2D eigenvalue weighted by Gasteiger charge is -2.15. The van der Waals surface area contributed by atoms with E-state index < -0.39 is 11.7 Å². The number of benzene rings is 3. The fourth-order valence-corrected chi connectivity index (χ4v) is 2.84. The summed E-state index contributed by atoms with van der Waals surface area (Å²) >= 11 is 0. The van der Waals surface area contributed by atoms with Crippen molar-refractivity contribution in [1.82, 2.24) is 20.6 Å². The van der Waals surface area contributed by atoms with Crippen molar-refractivity contribution in [3.8, 4) is 17.6 Å². The molecular formula is C21H13F3N6O. The lowest BCUT2D eigenvalue weighted by Crippen LogP contribution is -2.06. The van der Waals surface area contributed by atoms with Gasteiger partial charge in [0.05, 0.1) is 11.3 Å². The van der Waals surface area contributed by atoms with Crippen LogP contribution in [0, 0.1) is 11.3 Å². The Bertz CT molecular complexity index is 1290. The third kappa shape index (κ3) is 4.45. The van der Waals surface area contributed by atoms with Crippen LogP contribution in [0.5, 0.6) is 11.5 Å². The van der Waals surface area contributed by atoms with Crippen molar-refractivity contribution in [2.75, 3.05) is 5.32 Å². The van der Waals surface area contributed by atoms with Crippen LogP contribution in [0.2, 0.25) is 0 Å². The number of hydrogen-bond acceptors (Lipinski definition) is 6. The van der Waals surface area contributed by atoms with Gasteiger partial charge in [0.2, 0.25) is 5.82 Å². The van der Waals surface area contributed by atoms with Crippen LogP contribution in [0.4, 0.5) is 18.9 Å². The molecule has 154 valence electrons. The molecule has 0 unspecified atom stereocenters. The highest BCUT2D eigenvalue weighted by molar-refractivity contribution is 5.84. The Labute approximate surface area is 173 Å². The molecule has 10 heteroatoms. The van der Waals surface area contributed by atoms with E-state index in [0.29, 0.717) is 5.75 Å². The number of halogens is 3. The molecule has 0 atom stereocenters. The lowest BCUT2D eigenvalue weighted by atomic mass is 10.1. The molecule has 0 saturated carbocycles. The molecule has 0 amide bonds. The van der Waals surface area contributed by atoms with Gasteiger partial charge < -0.3 is 10.1 Å². The van der Waals surface area contributed by atoms with Crippen molar-refractivity contribution in [2.45, 2.75) is 6.18 Å². The minimum atomic E-state index is -4.55. The van der Waals surface area contributed by atoms with Crippen LogP contribution in [0.3, 0.4) is 0 Å². The van der Waals surface area contributed by atoms with E-state index in [1.165, 1.54) is 12.3 Å². The van der Waals surface area contributed by atoms with Crippen LogP contribution in [0.25, 0.3) is 16.3 Å². The quantitative estimate of drug-likeness (QED) is 0.432. The highest BCUT2D eigenvalue weighted by Crippen LogP contribution is 2.37. The van der Waals surface area contributed by atoms with Gasteiger partial charge in [-0.25, -0.2) is 0 Å². The van der Waals surface area contributed by atoms with Gasteiger partial charge in [0, 0.05) is 6.20 Å². The number of aromatic nitrogens is 4. The first-order chi connectivity index (χ1) is 14.9. The van der Waals surface area contributed by atoms with Crippen LogP contribution in [0.15, 0.2) is 66.9 Å². The Morgan fingerprint density at radius 1 is 1.06 bits per heavy atom. The summed E-state index contributed by atoms with van der Waals surface area (Å²) in [6, 6.07) is 17.9. The second kappa shape index (κ2) is 8.16. The summed E-state index contributed by atoms with van der Waals surface area (Å²) < 4.78 is 45.5. The Kier molecular flexibility index (Phi) is 5.24. The average molecular weight is 422 g/mol. The van der Waals surface area contributed by atoms with Crippen molar-refractivity contribution in [3.63, 3.8) is 0 Å². The van der Waals surface area contributed by atoms with Crippen LogP contribution in [0.1, 0.15) is 11.4 Å². The summed E-state index contributed by atoms with van der Waals surface area (Å²) in [7, 11) is 0. The van der Waals surface area contributed by atoms with Crippen molar-refractivity contribution in [3.05, 3.63) is 78.3 Å². The first-order valence-electron chi connectivity index (χ1n) is 8.92.